The number of anilines is 1. The van der Waals surface area contributed by atoms with Gasteiger partial charge in [0, 0.05) is 19.3 Å². The van der Waals surface area contributed by atoms with Crippen molar-refractivity contribution in [2.75, 3.05) is 11.9 Å². The van der Waals surface area contributed by atoms with E-state index in [1.54, 1.807) is 0 Å². The van der Waals surface area contributed by atoms with E-state index in [0.717, 1.165) is 31.6 Å². The summed E-state index contributed by atoms with van der Waals surface area (Å²) < 4.78 is 2.01. The normalized spacial score (nSPS) is 9.64. The molecular formula is C10H20ClN3. The summed E-state index contributed by atoms with van der Waals surface area (Å²) in [6.45, 7) is 8.41. The van der Waals surface area contributed by atoms with Crippen molar-refractivity contribution < 1.29 is 0 Å². The van der Waals surface area contributed by atoms with Gasteiger partial charge in [0.05, 0.1) is 11.4 Å². The number of rotatable bonds is 5. The molecule has 1 N–H and O–H groups in total. The van der Waals surface area contributed by atoms with Crippen LogP contribution in [0.3, 0.4) is 0 Å². The van der Waals surface area contributed by atoms with Gasteiger partial charge in [0.15, 0.2) is 0 Å². The predicted octanol–water partition coefficient (Wildman–Crippen LogP) is 2.85. The molecule has 0 aliphatic heterocycles. The van der Waals surface area contributed by atoms with Crippen molar-refractivity contribution in [2.45, 2.75) is 40.2 Å². The number of hydrogen-bond acceptors (Lipinski definition) is 2. The number of aromatic nitrogens is 2. The Balaban J connectivity index is 0.00000169. The Morgan fingerprint density at radius 1 is 1.36 bits per heavy atom. The van der Waals surface area contributed by atoms with Crippen LogP contribution < -0.4 is 5.32 Å². The van der Waals surface area contributed by atoms with Gasteiger partial charge in [-0.1, -0.05) is 13.8 Å². The lowest BCUT2D eigenvalue weighted by molar-refractivity contribution is 0.598. The topological polar surface area (TPSA) is 29.9 Å². The van der Waals surface area contributed by atoms with Crippen LogP contribution >= 0.6 is 12.4 Å². The molecule has 0 bridgehead atoms. The maximum Gasteiger partial charge on any atom is 0.0825 e. The molecule has 1 aromatic rings. The van der Waals surface area contributed by atoms with E-state index in [-0.39, 0.29) is 12.4 Å². The van der Waals surface area contributed by atoms with Crippen LogP contribution in [0.15, 0.2) is 6.20 Å². The van der Waals surface area contributed by atoms with E-state index < -0.39 is 0 Å². The fourth-order valence-corrected chi connectivity index (χ4v) is 1.29. The zero-order valence-electron chi connectivity index (χ0n) is 9.21. The maximum atomic E-state index is 4.41. The summed E-state index contributed by atoms with van der Waals surface area (Å²) in [6.07, 6.45) is 4.38. The number of aryl methyl sites for hydroxylation is 2. The summed E-state index contributed by atoms with van der Waals surface area (Å²) in [6, 6.07) is 0. The van der Waals surface area contributed by atoms with E-state index in [4.69, 9.17) is 0 Å². The maximum absolute atomic E-state index is 4.41. The lowest BCUT2D eigenvalue weighted by Crippen LogP contribution is -1.99. The average Bonchev–Trinajstić information content (AvgIpc) is 2.44. The van der Waals surface area contributed by atoms with Gasteiger partial charge >= 0.3 is 0 Å². The largest absolute Gasteiger partial charge is 0.382 e. The van der Waals surface area contributed by atoms with Gasteiger partial charge in [-0.3, -0.25) is 4.68 Å². The first-order chi connectivity index (χ1) is 6.27. The molecule has 0 aliphatic carbocycles. The zero-order valence-corrected chi connectivity index (χ0v) is 10.0. The fourth-order valence-electron chi connectivity index (χ4n) is 1.29. The molecular weight excluding hydrogens is 198 g/mol. The van der Waals surface area contributed by atoms with Gasteiger partial charge < -0.3 is 5.32 Å². The molecule has 0 saturated heterocycles. The lowest BCUT2D eigenvalue weighted by Gasteiger charge is -2.00. The van der Waals surface area contributed by atoms with Crippen LogP contribution in [-0.4, -0.2) is 16.3 Å². The molecule has 82 valence electrons. The Morgan fingerprint density at radius 2 is 2.07 bits per heavy atom. The van der Waals surface area contributed by atoms with Crippen molar-refractivity contribution in [2.24, 2.45) is 0 Å². The minimum Gasteiger partial charge on any atom is -0.382 e. The highest BCUT2D eigenvalue weighted by atomic mass is 35.5. The molecule has 0 amide bonds. The second kappa shape index (κ2) is 6.71. The van der Waals surface area contributed by atoms with Crippen molar-refractivity contribution in [1.82, 2.24) is 9.78 Å². The van der Waals surface area contributed by atoms with Gasteiger partial charge in [-0.2, -0.15) is 5.10 Å². The Morgan fingerprint density at radius 3 is 2.64 bits per heavy atom. The molecule has 0 atom stereocenters. The minimum atomic E-state index is 0. The molecule has 0 spiro atoms. The Bertz CT molecular complexity index is 258. The quantitative estimate of drug-likeness (QED) is 0.822. The molecule has 1 aromatic heterocycles. The summed E-state index contributed by atoms with van der Waals surface area (Å²) in [7, 11) is 0. The molecule has 0 fully saturated rings. The van der Waals surface area contributed by atoms with E-state index in [1.165, 1.54) is 5.69 Å². The van der Waals surface area contributed by atoms with Crippen LogP contribution in [-0.2, 0) is 6.54 Å². The summed E-state index contributed by atoms with van der Waals surface area (Å²) in [5.41, 5.74) is 2.28. The highest BCUT2D eigenvalue weighted by Gasteiger charge is 2.02. The average molecular weight is 218 g/mol. The fraction of sp³-hybridized carbons (Fsp3) is 0.700. The number of nitrogens with one attached hydrogen (secondary N) is 1. The molecule has 0 saturated carbocycles. The summed E-state index contributed by atoms with van der Waals surface area (Å²) in [5, 5.41) is 7.77. The number of halogens is 1. The molecule has 1 heterocycles. The van der Waals surface area contributed by atoms with E-state index >= 15 is 0 Å². The molecule has 0 aromatic carbocycles. The van der Waals surface area contributed by atoms with Gasteiger partial charge in [0.1, 0.15) is 0 Å². The molecule has 1 rings (SSSR count). The van der Waals surface area contributed by atoms with Gasteiger partial charge in [0.2, 0.25) is 0 Å². The lowest BCUT2D eigenvalue weighted by atomic mass is 10.4. The zero-order chi connectivity index (χ0) is 9.68. The molecule has 0 aliphatic rings. The summed E-state index contributed by atoms with van der Waals surface area (Å²) >= 11 is 0. The van der Waals surface area contributed by atoms with E-state index in [2.05, 4.69) is 30.5 Å². The van der Waals surface area contributed by atoms with Gasteiger partial charge in [-0.15, -0.1) is 12.4 Å². The minimum absolute atomic E-state index is 0. The molecule has 4 heteroatoms. The first-order valence-electron chi connectivity index (χ1n) is 5.05. The van der Waals surface area contributed by atoms with Gasteiger partial charge in [-0.25, -0.2) is 0 Å². The van der Waals surface area contributed by atoms with Gasteiger partial charge in [-0.05, 0) is 19.8 Å². The standard InChI is InChI=1S/C10H19N3.ClH/c1-4-6-11-10-8-13(7-5-2)12-9(10)3;/h8,11H,4-7H2,1-3H3;1H. The van der Waals surface area contributed by atoms with Crippen LogP contribution in [0.5, 0.6) is 0 Å². The highest BCUT2D eigenvalue weighted by molar-refractivity contribution is 5.85. The Kier molecular flexibility index (Phi) is 6.37. The Labute approximate surface area is 92.3 Å². The molecule has 14 heavy (non-hydrogen) atoms. The van der Waals surface area contributed by atoms with E-state index in [1.807, 2.05) is 11.6 Å². The third-order valence-corrected chi connectivity index (χ3v) is 1.96. The third-order valence-electron chi connectivity index (χ3n) is 1.96. The van der Waals surface area contributed by atoms with Crippen LogP contribution in [0.2, 0.25) is 0 Å². The predicted molar refractivity (Wildman–Crippen MR) is 63.3 cm³/mol. The summed E-state index contributed by atoms with van der Waals surface area (Å²) in [5.74, 6) is 0. The molecule has 3 nitrogen and oxygen atoms in total. The van der Waals surface area contributed by atoms with E-state index in [9.17, 15) is 0 Å². The van der Waals surface area contributed by atoms with Crippen molar-refractivity contribution in [1.29, 1.82) is 0 Å². The van der Waals surface area contributed by atoms with Crippen LogP contribution in [0.4, 0.5) is 5.69 Å². The Hall–Kier alpha value is -0.700. The van der Waals surface area contributed by atoms with Crippen LogP contribution in [0.25, 0.3) is 0 Å². The summed E-state index contributed by atoms with van der Waals surface area (Å²) in [4.78, 5) is 0. The van der Waals surface area contributed by atoms with Crippen LogP contribution in [0.1, 0.15) is 32.4 Å². The molecule has 0 unspecified atom stereocenters. The van der Waals surface area contributed by atoms with Crippen molar-refractivity contribution in [3.05, 3.63) is 11.9 Å². The molecule has 0 radical (unpaired) electrons. The number of hydrogen-bond donors (Lipinski definition) is 1. The first-order valence-corrected chi connectivity index (χ1v) is 5.05. The first kappa shape index (κ1) is 13.3. The van der Waals surface area contributed by atoms with Crippen molar-refractivity contribution in [3.63, 3.8) is 0 Å². The van der Waals surface area contributed by atoms with Crippen LogP contribution in [0, 0.1) is 6.92 Å². The van der Waals surface area contributed by atoms with Crippen molar-refractivity contribution >= 4 is 18.1 Å². The third kappa shape index (κ3) is 3.58. The highest BCUT2D eigenvalue weighted by Crippen LogP contribution is 2.12. The SMILES string of the molecule is CCCNc1cn(CCC)nc1C.Cl. The van der Waals surface area contributed by atoms with Gasteiger partial charge in [0.25, 0.3) is 0 Å². The monoisotopic (exact) mass is 217 g/mol. The smallest absolute Gasteiger partial charge is 0.0825 e. The second-order valence-electron chi connectivity index (χ2n) is 3.32. The van der Waals surface area contributed by atoms with Crippen molar-refractivity contribution in [3.8, 4) is 0 Å². The number of nitrogens with zero attached hydrogens (tertiary/aromatic N) is 2. The van der Waals surface area contributed by atoms with E-state index in [0.29, 0.717) is 0 Å². The second-order valence-corrected chi connectivity index (χ2v) is 3.32.